The molecule has 1 spiro atoms. The van der Waals surface area contributed by atoms with E-state index in [0.29, 0.717) is 50.0 Å². The maximum Gasteiger partial charge on any atom is 1.00 e. The van der Waals surface area contributed by atoms with Gasteiger partial charge < -0.3 is 11.3 Å². The predicted molar refractivity (Wildman–Crippen MR) is 132 cm³/mol. The average Bonchev–Trinajstić information content (AvgIpc) is 3.69. The summed E-state index contributed by atoms with van der Waals surface area (Å²) in [6.45, 7) is 2.29. The number of aliphatic carboxylic acids is 1. The maximum atomic E-state index is 13.5. The number of fused-ring (bicyclic) bond motifs is 1. The van der Waals surface area contributed by atoms with E-state index in [0.717, 1.165) is 42.6 Å². The maximum absolute atomic E-state index is 13.5. The Bertz CT molecular complexity index is 1240. The molecule has 4 nitrogen and oxygen atoms in total. The summed E-state index contributed by atoms with van der Waals surface area (Å²) in [5.74, 6) is -0.371. The molecular formula is C29H32F6NNaO3. The number of carboxylic acid groups (broad SMARTS) is 1. The van der Waals surface area contributed by atoms with Gasteiger partial charge in [-0.15, -0.1) is 0 Å². The first-order valence-corrected chi connectivity index (χ1v) is 13.3. The predicted octanol–water partition coefficient (Wildman–Crippen LogP) is 4.41. The molecule has 5 rings (SSSR count). The van der Waals surface area contributed by atoms with Crippen molar-refractivity contribution >= 4 is 5.97 Å². The third-order valence-electron chi connectivity index (χ3n) is 8.61. The summed E-state index contributed by atoms with van der Waals surface area (Å²) < 4.78 is 86.8. The fraction of sp³-hybridized carbons (Fsp3) is 0.552. The molecule has 0 amide bonds. The van der Waals surface area contributed by atoms with Crippen LogP contribution in [0.2, 0.25) is 0 Å². The normalized spacial score (nSPS) is 20.7. The molecule has 214 valence electrons. The van der Waals surface area contributed by atoms with Crippen LogP contribution in [-0.2, 0) is 30.1 Å². The number of carboxylic acids is 1. The minimum atomic E-state index is -4.75. The number of halogens is 6. The summed E-state index contributed by atoms with van der Waals surface area (Å²) in [5.41, 5.74) is -1.04. The molecule has 11 heteroatoms. The monoisotopic (exact) mass is 579 g/mol. The van der Waals surface area contributed by atoms with Crippen LogP contribution >= 0.6 is 0 Å². The Labute approximate surface area is 252 Å². The van der Waals surface area contributed by atoms with E-state index in [1.165, 1.54) is 0 Å². The Morgan fingerprint density at radius 1 is 1.05 bits per heavy atom. The van der Waals surface area contributed by atoms with Gasteiger partial charge in [-0.3, -0.25) is 9.69 Å². The van der Waals surface area contributed by atoms with Gasteiger partial charge in [0.25, 0.3) is 0 Å². The molecule has 2 aromatic rings. The van der Waals surface area contributed by atoms with E-state index in [-0.39, 0.29) is 49.0 Å². The molecule has 0 bridgehead atoms. The van der Waals surface area contributed by atoms with Crippen LogP contribution < -0.4 is 34.3 Å². The van der Waals surface area contributed by atoms with Crippen LogP contribution in [0.25, 0.3) is 0 Å². The van der Waals surface area contributed by atoms with Gasteiger partial charge >= 0.3 is 47.9 Å². The van der Waals surface area contributed by atoms with Crippen molar-refractivity contribution in [3.05, 3.63) is 64.2 Å². The smallest absolute Gasteiger partial charge is 1.00 e. The summed E-state index contributed by atoms with van der Waals surface area (Å²) in [4.78, 5) is 13.5. The Balaban J connectivity index is 0.00000231. The number of aryl methyl sites for hydroxylation is 1. The van der Waals surface area contributed by atoms with Crippen LogP contribution in [0.1, 0.15) is 74.2 Å². The number of piperidine rings is 1. The van der Waals surface area contributed by atoms with Gasteiger partial charge in [0.2, 0.25) is 0 Å². The van der Waals surface area contributed by atoms with Crippen molar-refractivity contribution in [2.45, 2.75) is 75.9 Å². The van der Waals surface area contributed by atoms with Gasteiger partial charge in [0, 0.05) is 19.6 Å². The molecule has 1 N–H and O–H groups in total. The summed E-state index contributed by atoms with van der Waals surface area (Å²) in [6, 6.07) is 7.56. The van der Waals surface area contributed by atoms with E-state index < -0.39 is 41.0 Å². The van der Waals surface area contributed by atoms with Crippen molar-refractivity contribution in [3.63, 3.8) is 0 Å². The minimum absolute atomic E-state index is 0. The van der Waals surface area contributed by atoms with Crippen molar-refractivity contribution in [1.29, 1.82) is 0 Å². The Kier molecular flexibility index (Phi) is 8.97. The van der Waals surface area contributed by atoms with Crippen LogP contribution in [0.3, 0.4) is 0 Å². The molecule has 2 atom stereocenters. The fourth-order valence-corrected chi connectivity index (χ4v) is 6.19. The summed E-state index contributed by atoms with van der Waals surface area (Å²) in [5, 5.41) is 9.62. The summed E-state index contributed by atoms with van der Waals surface area (Å²) in [7, 11) is 0. The molecular weight excluding hydrogens is 547 g/mol. The van der Waals surface area contributed by atoms with Gasteiger partial charge in [-0.25, -0.2) is 0 Å². The van der Waals surface area contributed by atoms with E-state index in [9.17, 15) is 36.2 Å². The van der Waals surface area contributed by atoms with Gasteiger partial charge in [0.05, 0.1) is 17.0 Å². The van der Waals surface area contributed by atoms with E-state index >= 15 is 0 Å². The number of likely N-dealkylation sites (tertiary alicyclic amines) is 1. The van der Waals surface area contributed by atoms with E-state index in [1.807, 2.05) is 18.2 Å². The molecule has 0 unspecified atom stereocenters. The SMILES string of the molecule is C[C@H](C(=O)O)[C@H](c1ccc2c(c1)OC1(CC2)CCN(Cc2cc(C(F)(F)F)ccc2C(F)(F)F)CC1)C1CC1.[H-].[Na+]. The number of rotatable bonds is 6. The third kappa shape index (κ3) is 6.66. The third-order valence-corrected chi connectivity index (χ3v) is 8.61. The number of carbonyl (C=O) groups is 1. The molecule has 3 aliphatic rings. The summed E-state index contributed by atoms with van der Waals surface area (Å²) >= 11 is 0. The zero-order valence-corrected chi connectivity index (χ0v) is 24.5. The molecule has 2 fully saturated rings. The second kappa shape index (κ2) is 11.5. The fourth-order valence-electron chi connectivity index (χ4n) is 6.19. The number of benzene rings is 2. The zero-order chi connectivity index (χ0) is 28.2. The van der Waals surface area contributed by atoms with E-state index in [4.69, 9.17) is 4.74 Å². The van der Waals surface area contributed by atoms with Crippen LogP contribution in [0, 0.1) is 11.8 Å². The Morgan fingerprint density at radius 3 is 2.30 bits per heavy atom. The second-order valence-electron chi connectivity index (χ2n) is 11.3. The number of alkyl halides is 6. The average molecular weight is 580 g/mol. The van der Waals surface area contributed by atoms with Crippen molar-refractivity contribution in [2.24, 2.45) is 11.8 Å². The van der Waals surface area contributed by atoms with Crippen LogP contribution in [0.4, 0.5) is 26.3 Å². The molecule has 1 saturated carbocycles. The molecule has 0 aromatic heterocycles. The standard InChI is InChI=1S/C29H31F6NO3.Na.H/c1-17(26(37)38)25(19-3-4-19)20-5-2-18-8-9-27(39-24(18)15-20)10-12-36(13-11-27)16-21-14-22(28(30,31)32)6-7-23(21)29(33,34)35;;/h2,5-7,14-15,17,19,25H,3-4,8-13,16H2,1H3,(H,37,38);;/q;+1;-1/t17-,25-;;/m0../s1. The van der Waals surface area contributed by atoms with Crippen LogP contribution in [0.15, 0.2) is 36.4 Å². The molecule has 1 saturated heterocycles. The molecule has 0 radical (unpaired) electrons. The Morgan fingerprint density at radius 2 is 1.73 bits per heavy atom. The molecule has 2 aromatic carbocycles. The first kappa shape index (κ1) is 31.2. The molecule has 1 aliphatic carbocycles. The van der Waals surface area contributed by atoms with Crippen LogP contribution in [0.5, 0.6) is 5.75 Å². The zero-order valence-electron chi connectivity index (χ0n) is 23.5. The van der Waals surface area contributed by atoms with Crippen LogP contribution in [-0.4, -0.2) is 34.7 Å². The number of nitrogens with zero attached hydrogens (tertiary/aromatic N) is 1. The van der Waals surface area contributed by atoms with E-state index in [1.54, 1.807) is 11.8 Å². The number of hydrogen-bond acceptors (Lipinski definition) is 3. The van der Waals surface area contributed by atoms with Gasteiger partial charge in [-0.05, 0) is 91.3 Å². The van der Waals surface area contributed by atoms with Gasteiger partial charge in [-0.2, -0.15) is 26.3 Å². The second-order valence-corrected chi connectivity index (χ2v) is 11.3. The quantitative estimate of drug-likeness (QED) is 0.407. The van der Waals surface area contributed by atoms with Crippen molar-refractivity contribution in [2.75, 3.05) is 13.1 Å². The minimum Gasteiger partial charge on any atom is -1.00 e. The molecule has 2 aliphatic heterocycles. The molecule has 2 heterocycles. The molecule has 40 heavy (non-hydrogen) atoms. The van der Waals surface area contributed by atoms with Gasteiger partial charge in [0.1, 0.15) is 11.4 Å². The first-order valence-electron chi connectivity index (χ1n) is 13.3. The number of ether oxygens (including phenoxy) is 1. The van der Waals surface area contributed by atoms with Crippen molar-refractivity contribution in [3.8, 4) is 5.75 Å². The van der Waals surface area contributed by atoms with Gasteiger partial charge in [0.15, 0.2) is 0 Å². The van der Waals surface area contributed by atoms with E-state index in [2.05, 4.69) is 0 Å². The van der Waals surface area contributed by atoms with Crippen molar-refractivity contribution < 1.29 is 72.0 Å². The first-order chi connectivity index (χ1) is 18.3. The number of hydrogen-bond donors (Lipinski definition) is 1. The Hall–Kier alpha value is -1.75. The topological polar surface area (TPSA) is 49.8 Å². The largest absolute Gasteiger partial charge is 1.00 e. The van der Waals surface area contributed by atoms with Gasteiger partial charge in [-0.1, -0.05) is 19.1 Å². The van der Waals surface area contributed by atoms with Crippen molar-refractivity contribution in [1.82, 2.24) is 4.90 Å². The summed E-state index contributed by atoms with van der Waals surface area (Å²) in [6.07, 6.45) is -4.90.